The molecule has 3 rings (SSSR count). The Morgan fingerprint density at radius 3 is 2.11 bits per heavy atom. The number of rotatable bonds is 3. The van der Waals surface area contributed by atoms with E-state index >= 15 is 0 Å². The molecule has 0 spiro atoms. The lowest BCUT2D eigenvalue weighted by molar-refractivity contribution is 0.646. The summed E-state index contributed by atoms with van der Waals surface area (Å²) in [5, 5.41) is 0. The van der Waals surface area contributed by atoms with Crippen molar-refractivity contribution in [2.24, 2.45) is 5.73 Å². The average Bonchev–Trinajstić information content (AvgIpc) is 3.03. The molecule has 18 heavy (non-hydrogen) atoms. The Hall–Kier alpha value is -1.31. The molecule has 0 aromatic heterocycles. The van der Waals surface area contributed by atoms with Gasteiger partial charge in [-0.05, 0) is 24.0 Å². The van der Waals surface area contributed by atoms with Gasteiger partial charge >= 0.3 is 0 Å². The minimum atomic E-state index is -0.0251. The van der Waals surface area contributed by atoms with Crippen LogP contribution in [-0.2, 0) is 6.42 Å². The van der Waals surface area contributed by atoms with Crippen molar-refractivity contribution in [1.29, 1.82) is 0 Å². The average molecular weight is 260 g/mol. The lowest BCUT2D eigenvalue weighted by atomic mass is 10.00. The maximum Gasteiger partial charge on any atom is 0.0271 e. The van der Waals surface area contributed by atoms with Crippen molar-refractivity contribution in [3.05, 3.63) is 71.8 Å². The number of hydrogen-bond donors (Lipinski definition) is 1. The van der Waals surface area contributed by atoms with Gasteiger partial charge in [0.05, 0.1) is 0 Å². The van der Waals surface area contributed by atoms with E-state index in [1.165, 1.54) is 11.1 Å². The summed E-state index contributed by atoms with van der Waals surface area (Å²) >= 11 is 0. The van der Waals surface area contributed by atoms with Gasteiger partial charge in [-0.2, -0.15) is 0 Å². The standard InChI is InChI=1S/C16H17N.ClH/c17-16(11-13-7-3-1-4-8-13)12-15(16)14-9-5-2-6-10-14;/h1-10,15H,11-12,17H2;1H. The summed E-state index contributed by atoms with van der Waals surface area (Å²) in [6.45, 7) is 0. The molecule has 94 valence electrons. The van der Waals surface area contributed by atoms with Gasteiger partial charge in [-0.1, -0.05) is 60.7 Å². The van der Waals surface area contributed by atoms with E-state index in [0.717, 1.165) is 12.8 Å². The van der Waals surface area contributed by atoms with Gasteiger partial charge in [-0.15, -0.1) is 12.4 Å². The highest BCUT2D eigenvalue weighted by Gasteiger charge is 2.51. The Bertz CT molecular complexity index is 497. The first-order valence-corrected chi connectivity index (χ1v) is 6.16. The minimum absolute atomic E-state index is 0. The van der Waals surface area contributed by atoms with Gasteiger partial charge in [0.25, 0.3) is 0 Å². The lowest BCUT2D eigenvalue weighted by Gasteiger charge is -2.11. The molecular formula is C16H18ClN. The summed E-state index contributed by atoms with van der Waals surface area (Å²) in [5.74, 6) is 0.531. The van der Waals surface area contributed by atoms with Crippen LogP contribution in [0.4, 0.5) is 0 Å². The Labute approximate surface area is 114 Å². The Kier molecular flexibility index (Phi) is 3.74. The van der Waals surface area contributed by atoms with Gasteiger partial charge in [-0.25, -0.2) is 0 Å². The van der Waals surface area contributed by atoms with E-state index in [1.807, 2.05) is 6.07 Å². The monoisotopic (exact) mass is 259 g/mol. The summed E-state index contributed by atoms with van der Waals surface area (Å²) in [7, 11) is 0. The molecule has 0 aliphatic heterocycles. The van der Waals surface area contributed by atoms with E-state index in [9.17, 15) is 0 Å². The zero-order valence-electron chi connectivity index (χ0n) is 10.3. The van der Waals surface area contributed by atoms with Crippen LogP contribution < -0.4 is 5.73 Å². The molecule has 1 aliphatic carbocycles. The van der Waals surface area contributed by atoms with Crippen LogP contribution >= 0.6 is 12.4 Å². The smallest absolute Gasteiger partial charge is 0.0271 e. The predicted molar refractivity (Wildman–Crippen MR) is 78.1 cm³/mol. The topological polar surface area (TPSA) is 26.0 Å². The van der Waals surface area contributed by atoms with E-state index in [4.69, 9.17) is 5.73 Å². The first kappa shape index (κ1) is 13.1. The van der Waals surface area contributed by atoms with Crippen molar-refractivity contribution in [3.8, 4) is 0 Å². The number of benzene rings is 2. The fourth-order valence-corrected chi connectivity index (χ4v) is 2.63. The molecule has 0 heterocycles. The van der Waals surface area contributed by atoms with Gasteiger partial charge in [-0.3, -0.25) is 0 Å². The van der Waals surface area contributed by atoms with Crippen LogP contribution in [0.1, 0.15) is 23.5 Å². The maximum absolute atomic E-state index is 6.45. The second kappa shape index (κ2) is 5.13. The van der Waals surface area contributed by atoms with Crippen LogP contribution in [0.2, 0.25) is 0 Å². The summed E-state index contributed by atoms with van der Waals surface area (Å²) in [6, 6.07) is 21.2. The van der Waals surface area contributed by atoms with Crippen molar-refractivity contribution in [2.75, 3.05) is 0 Å². The highest BCUT2D eigenvalue weighted by Crippen LogP contribution is 2.51. The van der Waals surface area contributed by atoms with E-state index in [1.54, 1.807) is 0 Å². The fraction of sp³-hybridized carbons (Fsp3) is 0.250. The van der Waals surface area contributed by atoms with E-state index in [-0.39, 0.29) is 17.9 Å². The van der Waals surface area contributed by atoms with Gasteiger partial charge in [0.2, 0.25) is 0 Å². The molecule has 2 atom stereocenters. The van der Waals surface area contributed by atoms with Crippen LogP contribution in [0.5, 0.6) is 0 Å². The first-order valence-electron chi connectivity index (χ1n) is 6.16. The molecule has 0 bridgehead atoms. The maximum atomic E-state index is 6.45. The molecule has 0 amide bonds. The lowest BCUT2D eigenvalue weighted by Crippen LogP contribution is -2.27. The quantitative estimate of drug-likeness (QED) is 0.897. The molecule has 1 nitrogen and oxygen atoms in total. The Morgan fingerprint density at radius 1 is 0.944 bits per heavy atom. The Morgan fingerprint density at radius 2 is 1.50 bits per heavy atom. The second-order valence-electron chi connectivity index (χ2n) is 5.06. The zero-order valence-corrected chi connectivity index (χ0v) is 11.1. The summed E-state index contributed by atoms with van der Waals surface area (Å²) in [4.78, 5) is 0. The Balaban J connectivity index is 0.00000120. The largest absolute Gasteiger partial charge is 0.324 e. The highest BCUT2D eigenvalue weighted by molar-refractivity contribution is 5.85. The normalized spacial score (nSPS) is 25.3. The van der Waals surface area contributed by atoms with Crippen LogP contribution in [0, 0.1) is 0 Å². The molecule has 2 aromatic rings. The zero-order chi connectivity index (χ0) is 11.7. The molecule has 2 aromatic carbocycles. The molecular weight excluding hydrogens is 242 g/mol. The van der Waals surface area contributed by atoms with Crippen molar-refractivity contribution < 1.29 is 0 Å². The molecule has 2 unspecified atom stereocenters. The van der Waals surface area contributed by atoms with Gasteiger partial charge in [0, 0.05) is 11.5 Å². The van der Waals surface area contributed by atoms with E-state index in [0.29, 0.717) is 5.92 Å². The second-order valence-corrected chi connectivity index (χ2v) is 5.06. The van der Waals surface area contributed by atoms with E-state index in [2.05, 4.69) is 54.6 Å². The number of nitrogens with two attached hydrogens (primary N) is 1. The van der Waals surface area contributed by atoms with Crippen molar-refractivity contribution >= 4 is 12.4 Å². The van der Waals surface area contributed by atoms with Gasteiger partial charge in [0.15, 0.2) is 0 Å². The molecule has 0 radical (unpaired) electrons. The van der Waals surface area contributed by atoms with Crippen LogP contribution in [0.15, 0.2) is 60.7 Å². The minimum Gasteiger partial charge on any atom is -0.324 e. The molecule has 2 N–H and O–H groups in total. The molecule has 1 fully saturated rings. The van der Waals surface area contributed by atoms with Crippen molar-refractivity contribution in [3.63, 3.8) is 0 Å². The molecule has 0 saturated heterocycles. The third-order valence-electron chi connectivity index (χ3n) is 3.70. The van der Waals surface area contributed by atoms with Crippen LogP contribution in [0.3, 0.4) is 0 Å². The highest BCUT2D eigenvalue weighted by atomic mass is 35.5. The third-order valence-corrected chi connectivity index (χ3v) is 3.70. The molecule has 1 aliphatic rings. The summed E-state index contributed by atoms with van der Waals surface area (Å²) in [6.07, 6.45) is 2.08. The van der Waals surface area contributed by atoms with Crippen molar-refractivity contribution in [2.45, 2.75) is 24.3 Å². The summed E-state index contributed by atoms with van der Waals surface area (Å²) in [5.41, 5.74) is 9.15. The SMILES string of the molecule is Cl.NC1(Cc2ccccc2)CC1c1ccccc1. The number of hydrogen-bond acceptors (Lipinski definition) is 1. The molecule has 1 saturated carbocycles. The van der Waals surface area contributed by atoms with Gasteiger partial charge in [0.1, 0.15) is 0 Å². The van der Waals surface area contributed by atoms with Crippen LogP contribution in [-0.4, -0.2) is 5.54 Å². The number of halogens is 1. The van der Waals surface area contributed by atoms with Crippen molar-refractivity contribution in [1.82, 2.24) is 0 Å². The fourth-order valence-electron chi connectivity index (χ4n) is 2.63. The van der Waals surface area contributed by atoms with E-state index < -0.39 is 0 Å². The van der Waals surface area contributed by atoms with Gasteiger partial charge < -0.3 is 5.73 Å². The summed E-state index contributed by atoms with van der Waals surface area (Å²) < 4.78 is 0. The first-order chi connectivity index (χ1) is 8.28. The third kappa shape index (κ3) is 2.58. The predicted octanol–water partition coefficient (Wildman–Crippen LogP) is 3.54. The van der Waals surface area contributed by atoms with Crippen LogP contribution in [0.25, 0.3) is 0 Å². The molecule has 2 heteroatoms.